The van der Waals surface area contributed by atoms with Crippen LogP contribution in [0.5, 0.6) is 0 Å². The molecule has 0 heterocycles. The van der Waals surface area contributed by atoms with Gasteiger partial charge in [-0.25, -0.2) is 17.6 Å². The third-order valence-corrected chi connectivity index (χ3v) is 1.80. The van der Waals surface area contributed by atoms with Crippen LogP contribution in [0, 0.1) is 0 Å². The number of allylic oxidation sites excluding steroid dienone is 2. The lowest BCUT2D eigenvalue weighted by Crippen LogP contribution is -2.39. The van der Waals surface area contributed by atoms with Gasteiger partial charge in [0.15, 0.2) is 12.2 Å². The maximum atomic E-state index is 12.4. The van der Waals surface area contributed by atoms with E-state index >= 15 is 0 Å². The Morgan fingerprint density at radius 2 is 0.857 bits per heavy atom. The average molecular weight is 334 g/mol. The van der Waals surface area contributed by atoms with Crippen LogP contribution >= 0.6 is 0 Å². The van der Waals surface area contributed by atoms with Crippen molar-refractivity contribution in [1.82, 2.24) is 0 Å². The highest BCUT2D eigenvalue weighted by Gasteiger charge is 2.46. The summed E-state index contributed by atoms with van der Waals surface area (Å²) in [6.07, 6.45) is -25.5. The lowest BCUT2D eigenvalue weighted by molar-refractivity contribution is -0.262. The van der Waals surface area contributed by atoms with Crippen molar-refractivity contribution in [3.8, 4) is 0 Å². The van der Waals surface area contributed by atoms with Crippen LogP contribution in [0.4, 0.5) is 43.9 Å². The summed E-state index contributed by atoms with van der Waals surface area (Å²) in [6, 6.07) is 0. The molecule has 0 aliphatic heterocycles. The summed E-state index contributed by atoms with van der Waals surface area (Å²) in [4.78, 5) is 0. The lowest BCUT2D eigenvalue weighted by atomic mass is 10.2. The molecule has 0 aromatic carbocycles. The summed E-state index contributed by atoms with van der Waals surface area (Å²) >= 11 is 0. The van der Waals surface area contributed by atoms with Gasteiger partial charge in [0.1, 0.15) is 0 Å². The van der Waals surface area contributed by atoms with Crippen LogP contribution in [0.3, 0.4) is 0 Å². The standard InChI is InChI=1S/C10H8F10O/c11-7(12)3-1-5(9(15,16)17)21-6(10(18,19)20)2-4-8(13)14/h1-8H. The summed E-state index contributed by atoms with van der Waals surface area (Å²) in [7, 11) is 0. The second-order valence-corrected chi connectivity index (χ2v) is 3.50. The van der Waals surface area contributed by atoms with E-state index in [-0.39, 0.29) is 24.3 Å². The van der Waals surface area contributed by atoms with Crippen LogP contribution in [0.2, 0.25) is 0 Å². The van der Waals surface area contributed by atoms with Gasteiger partial charge in [0.2, 0.25) is 0 Å². The van der Waals surface area contributed by atoms with Crippen molar-refractivity contribution in [3.05, 3.63) is 24.3 Å². The molecule has 0 aromatic rings. The zero-order chi connectivity index (χ0) is 16.8. The van der Waals surface area contributed by atoms with E-state index < -0.39 is 37.4 Å². The molecule has 11 heteroatoms. The summed E-state index contributed by atoms with van der Waals surface area (Å²) in [5.41, 5.74) is 0. The molecule has 0 saturated heterocycles. The Bertz CT molecular complexity index is 320. The number of ether oxygens (including phenoxy) is 1. The summed E-state index contributed by atoms with van der Waals surface area (Å²) < 4.78 is 125. The molecule has 2 atom stereocenters. The van der Waals surface area contributed by atoms with Gasteiger partial charge < -0.3 is 4.74 Å². The van der Waals surface area contributed by atoms with E-state index in [0.29, 0.717) is 0 Å². The molecule has 0 bridgehead atoms. The van der Waals surface area contributed by atoms with Crippen LogP contribution in [0.1, 0.15) is 0 Å². The predicted octanol–water partition coefficient (Wildman–Crippen LogP) is 4.51. The van der Waals surface area contributed by atoms with Crippen molar-refractivity contribution in [3.63, 3.8) is 0 Å². The van der Waals surface area contributed by atoms with Crippen molar-refractivity contribution in [2.45, 2.75) is 37.4 Å². The normalized spacial score (nSPS) is 17.3. The van der Waals surface area contributed by atoms with Gasteiger partial charge in [-0.3, -0.25) is 0 Å². The maximum absolute atomic E-state index is 12.4. The molecule has 0 N–H and O–H groups in total. The molecule has 0 aliphatic carbocycles. The molecular weight excluding hydrogens is 326 g/mol. The Balaban J connectivity index is 5.22. The minimum absolute atomic E-state index is 0.317. The third-order valence-electron chi connectivity index (χ3n) is 1.80. The van der Waals surface area contributed by atoms with Crippen molar-refractivity contribution in [2.75, 3.05) is 0 Å². The largest absolute Gasteiger partial charge is 0.418 e. The zero-order valence-corrected chi connectivity index (χ0v) is 9.81. The fraction of sp³-hybridized carbons (Fsp3) is 0.600. The Kier molecular flexibility index (Phi) is 7.20. The van der Waals surface area contributed by atoms with E-state index in [1.54, 1.807) is 0 Å². The quantitative estimate of drug-likeness (QED) is 0.513. The first-order chi connectivity index (χ1) is 9.34. The average Bonchev–Trinajstić information content (AvgIpc) is 2.23. The van der Waals surface area contributed by atoms with Gasteiger partial charge in [-0.15, -0.1) is 0 Å². The van der Waals surface area contributed by atoms with E-state index in [9.17, 15) is 43.9 Å². The number of halogens is 10. The summed E-state index contributed by atoms with van der Waals surface area (Å²) in [5, 5.41) is 0. The SMILES string of the molecule is FC(F)C=CC(OC(C=CC(F)F)C(F)(F)F)C(F)(F)F. The van der Waals surface area contributed by atoms with Crippen molar-refractivity contribution >= 4 is 0 Å². The van der Waals surface area contributed by atoms with E-state index in [1.165, 1.54) is 0 Å². The molecule has 1 nitrogen and oxygen atoms in total. The van der Waals surface area contributed by atoms with Gasteiger partial charge in [-0.2, -0.15) is 26.3 Å². The molecule has 0 spiro atoms. The molecule has 0 aromatic heterocycles. The van der Waals surface area contributed by atoms with Gasteiger partial charge in [-0.1, -0.05) is 0 Å². The zero-order valence-electron chi connectivity index (χ0n) is 9.81. The van der Waals surface area contributed by atoms with Gasteiger partial charge in [-0.05, 0) is 24.3 Å². The number of hydrogen-bond donors (Lipinski definition) is 0. The monoisotopic (exact) mass is 334 g/mol. The Morgan fingerprint density at radius 3 is 1.05 bits per heavy atom. The summed E-state index contributed by atoms with van der Waals surface area (Å²) in [6.45, 7) is 0. The van der Waals surface area contributed by atoms with E-state index in [2.05, 4.69) is 4.74 Å². The van der Waals surface area contributed by atoms with Crippen LogP contribution in [0.25, 0.3) is 0 Å². The first-order valence-corrected chi connectivity index (χ1v) is 5.06. The van der Waals surface area contributed by atoms with E-state index in [0.717, 1.165) is 0 Å². The highest BCUT2D eigenvalue weighted by molar-refractivity contribution is 5.00. The van der Waals surface area contributed by atoms with Gasteiger partial charge in [0, 0.05) is 0 Å². The van der Waals surface area contributed by atoms with Crippen LogP contribution in [-0.4, -0.2) is 37.4 Å². The number of rotatable bonds is 6. The number of hydrogen-bond acceptors (Lipinski definition) is 1. The first kappa shape index (κ1) is 19.7. The van der Waals surface area contributed by atoms with Crippen LogP contribution in [-0.2, 0) is 4.74 Å². The summed E-state index contributed by atoms with van der Waals surface area (Å²) in [5.74, 6) is 0. The van der Waals surface area contributed by atoms with Gasteiger partial charge in [0.25, 0.3) is 12.9 Å². The second-order valence-electron chi connectivity index (χ2n) is 3.50. The van der Waals surface area contributed by atoms with Crippen LogP contribution in [0.15, 0.2) is 24.3 Å². The van der Waals surface area contributed by atoms with Gasteiger partial charge >= 0.3 is 12.4 Å². The Hall–Kier alpha value is -1.26. The first-order valence-electron chi connectivity index (χ1n) is 5.06. The molecule has 2 unspecified atom stereocenters. The topological polar surface area (TPSA) is 9.23 Å². The lowest BCUT2D eigenvalue weighted by Gasteiger charge is -2.24. The predicted molar refractivity (Wildman–Crippen MR) is 51.1 cm³/mol. The molecule has 0 saturated carbocycles. The molecule has 21 heavy (non-hydrogen) atoms. The molecule has 124 valence electrons. The minimum atomic E-state index is -5.42. The molecule has 0 fully saturated rings. The third kappa shape index (κ3) is 8.58. The van der Waals surface area contributed by atoms with Crippen molar-refractivity contribution < 1.29 is 48.6 Å². The van der Waals surface area contributed by atoms with Gasteiger partial charge in [0.05, 0.1) is 0 Å². The highest BCUT2D eigenvalue weighted by Crippen LogP contribution is 2.31. The molecule has 0 amide bonds. The van der Waals surface area contributed by atoms with Crippen molar-refractivity contribution in [2.24, 2.45) is 0 Å². The highest BCUT2D eigenvalue weighted by atomic mass is 19.4. The maximum Gasteiger partial charge on any atom is 0.418 e. The molecular formula is C10H8F10O. The van der Waals surface area contributed by atoms with E-state index in [1.807, 2.05) is 0 Å². The Labute approximate surface area is 111 Å². The number of alkyl halides is 10. The molecule has 0 aliphatic rings. The minimum Gasteiger partial charge on any atom is -0.348 e. The van der Waals surface area contributed by atoms with E-state index in [4.69, 9.17) is 0 Å². The molecule has 0 radical (unpaired) electrons. The second kappa shape index (κ2) is 7.66. The van der Waals surface area contributed by atoms with Crippen molar-refractivity contribution in [1.29, 1.82) is 0 Å². The van der Waals surface area contributed by atoms with Crippen LogP contribution < -0.4 is 0 Å². The fourth-order valence-electron chi connectivity index (χ4n) is 0.991. The fourth-order valence-corrected chi connectivity index (χ4v) is 0.991. The smallest absolute Gasteiger partial charge is 0.348 e. The molecule has 0 rings (SSSR count). The Morgan fingerprint density at radius 1 is 0.571 bits per heavy atom.